The van der Waals surface area contributed by atoms with Crippen molar-refractivity contribution in [2.24, 2.45) is 0 Å². The Balaban J connectivity index is 3.48. The second kappa shape index (κ2) is 5.34. The topological polar surface area (TPSA) is 69.4 Å². The number of hydrogen-bond acceptors (Lipinski definition) is 4. The molecule has 1 aromatic rings. The predicted octanol–water partition coefficient (Wildman–Crippen LogP) is 3.00. The minimum Gasteiger partial charge on any atom is -0.426 e. The van der Waals surface area contributed by atoms with Crippen LogP contribution in [0, 0.1) is 13.7 Å². The minimum atomic E-state index is -3.19. The van der Waals surface area contributed by atoms with E-state index in [1.165, 1.54) is 12.1 Å². The molecule has 0 spiro atoms. The average Bonchev–Trinajstić information content (AvgIpc) is 2.19. The Hall–Kier alpha value is -1.32. The number of alkyl halides is 2. The van der Waals surface area contributed by atoms with E-state index in [4.69, 9.17) is 0 Å². The van der Waals surface area contributed by atoms with E-state index in [1.807, 2.05) is 0 Å². The molecule has 92 valence electrons. The first-order chi connectivity index (χ1) is 7.84. The zero-order chi connectivity index (χ0) is 13.2. The fourth-order valence-corrected chi connectivity index (χ4v) is 1.78. The van der Waals surface area contributed by atoms with Crippen LogP contribution in [0.15, 0.2) is 12.1 Å². The molecule has 0 atom stereocenters. The van der Waals surface area contributed by atoms with Gasteiger partial charge in [0.1, 0.15) is 0 Å². The number of nitro groups is 1. The van der Waals surface area contributed by atoms with E-state index in [0.29, 0.717) is 0 Å². The van der Waals surface area contributed by atoms with E-state index in [2.05, 4.69) is 4.74 Å². The van der Waals surface area contributed by atoms with E-state index in [-0.39, 0.29) is 9.13 Å². The molecule has 0 N–H and O–H groups in total. The molecule has 0 bridgehead atoms. The van der Waals surface area contributed by atoms with Crippen molar-refractivity contribution in [2.75, 3.05) is 0 Å². The number of carbonyl (C=O) groups excluding carboxylic acids is 1. The van der Waals surface area contributed by atoms with Crippen molar-refractivity contribution in [1.29, 1.82) is 0 Å². The molecule has 1 aromatic carbocycles. The molecule has 0 aliphatic heterocycles. The van der Waals surface area contributed by atoms with Crippen LogP contribution in [-0.4, -0.2) is 17.3 Å². The molecular formula is C9H6F2INO4. The number of Topliss-reactive ketones (excluding diaryl/α,β-unsaturated/α-hetero) is 1. The third-order valence-electron chi connectivity index (χ3n) is 1.85. The van der Waals surface area contributed by atoms with Crippen LogP contribution in [0.3, 0.4) is 0 Å². The van der Waals surface area contributed by atoms with Gasteiger partial charge in [0.2, 0.25) is 5.75 Å². The molecule has 0 amide bonds. The molecule has 0 unspecified atom stereocenters. The van der Waals surface area contributed by atoms with Gasteiger partial charge in [-0.25, -0.2) is 0 Å². The van der Waals surface area contributed by atoms with E-state index in [0.717, 1.165) is 6.92 Å². The van der Waals surface area contributed by atoms with Crippen molar-refractivity contribution in [3.63, 3.8) is 0 Å². The lowest BCUT2D eigenvalue weighted by atomic mass is 10.1. The number of benzene rings is 1. The van der Waals surface area contributed by atoms with Crippen LogP contribution in [0.2, 0.25) is 0 Å². The standard InChI is InChI=1S/C9H6F2INO4/c1-4(14)5-2-3-6(12)8(17-9(10)11)7(5)13(15)16/h2-3,9H,1H3. The van der Waals surface area contributed by atoms with Gasteiger partial charge in [-0.05, 0) is 41.6 Å². The summed E-state index contributed by atoms with van der Waals surface area (Å²) in [5.41, 5.74) is -0.990. The number of nitrogens with zero attached hydrogens (tertiary/aromatic N) is 1. The van der Waals surface area contributed by atoms with E-state index in [9.17, 15) is 23.7 Å². The van der Waals surface area contributed by atoms with Crippen molar-refractivity contribution >= 4 is 34.1 Å². The summed E-state index contributed by atoms with van der Waals surface area (Å²) in [4.78, 5) is 21.1. The molecule has 0 radical (unpaired) electrons. The lowest BCUT2D eigenvalue weighted by Crippen LogP contribution is -2.09. The molecule has 0 aromatic heterocycles. The van der Waals surface area contributed by atoms with E-state index >= 15 is 0 Å². The highest BCUT2D eigenvalue weighted by atomic mass is 127. The zero-order valence-electron chi connectivity index (χ0n) is 8.45. The molecular weight excluding hydrogens is 351 g/mol. The molecule has 0 heterocycles. The predicted molar refractivity (Wildman–Crippen MR) is 62.4 cm³/mol. The van der Waals surface area contributed by atoms with Crippen LogP contribution < -0.4 is 4.74 Å². The van der Waals surface area contributed by atoms with Crippen molar-refractivity contribution in [3.05, 3.63) is 31.4 Å². The lowest BCUT2D eigenvalue weighted by Gasteiger charge is -2.09. The Bertz CT molecular complexity index is 478. The van der Waals surface area contributed by atoms with Gasteiger partial charge < -0.3 is 4.74 Å². The number of hydrogen-bond donors (Lipinski definition) is 0. The maximum atomic E-state index is 12.1. The first kappa shape index (κ1) is 13.7. The molecule has 17 heavy (non-hydrogen) atoms. The molecule has 0 fully saturated rings. The third kappa shape index (κ3) is 3.08. The smallest absolute Gasteiger partial charge is 0.387 e. The van der Waals surface area contributed by atoms with Gasteiger partial charge >= 0.3 is 12.3 Å². The fraction of sp³-hybridized carbons (Fsp3) is 0.222. The van der Waals surface area contributed by atoms with Gasteiger partial charge in [-0.3, -0.25) is 14.9 Å². The summed E-state index contributed by atoms with van der Waals surface area (Å²) in [6.45, 7) is -2.08. The van der Waals surface area contributed by atoms with E-state index in [1.54, 1.807) is 22.6 Å². The van der Waals surface area contributed by atoms with Crippen molar-refractivity contribution < 1.29 is 23.2 Å². The lowest BCUT2D eigenvalue weighted by molar-refractivity contribution is -0.386. The number of halogens is 3. The summed E-state index contributed by atoms with van der Waals surface area (Å²) < 4.78 is 28.5. The summed E-state index contributed by atoms with van der Waals surface area (Å²) in [5, 5.41) is 10.8. The van der Waals surface area contributed by atoms with Crippen LogP contribution in [0.25, 0.3) is 0 Å². The van der Waals surface area contributed by atoms with Crippen molar-refractivity contribution in [2.45, 2.75) is 13.5 Å². The Morgan fingerprint density at radius 3 is 2.53 bits per heavy atom. The largest absolute Gasteiger partial charge is 0.426 e. The van der Waals surface area contributed by atoms with Crippen LogP contribution in [-0.2, 0) is 0 Å². The first-order valence-corrected chi connectivity index (χ1v) is 5.35. The van der Waals surface area contributed by atoms with Gasteiger partial charge in [0.25, 0.3) is 0 Å². The average molecular weight is 357 g/mol. The van der Waals surface area contributed by atoms with Crippen LogP contribution in [0.1, 0.15) is 17.3 Å². The highest BCUT2D eigenvalue weighted by molar-refractivity contribution is 14.1. The van der Waals surface area contributed by atoms with Gasteiger partial charge in [0.05, 0.1) is 14.1 Å². The normalized spacial score (nSPS) is 10.4. The second-order valence-corrected chi connectivity index (χ2v) is 4.13. The number of ketones is 1. The Labute approximate surface area is 108 Å². The summed E-state index contributed by atoms with van der Waals surface area (Å²) >= 11 is 1.62. The first-order valence-electron chi connectivity index (χ1n) is 4.27. The van der Waals surface area contributed by atoms with Gasteiger partial charge in [-0.15, -0.1) is 0 Å². The van der Waals surface area contributed by atoms with Crippen LogP contribution in [0.4, 0.5) is 14.5 Å². The summed E-state index contributed by atoms with van der Waals surface area (Å²) in [7, 11) is 0. The molecule has 8 heteroatoms. The second-order valence-electron chi connectivity index (χ2n) is 2.96. The van der Waals surface area contributed by atoms with Crippen LogP contribution >= 0.6 is 22.6 Å². The third-order valence-corrected chi connectivity index (χ3v) is 2.70. The molecule has 1 rings (SSSR count). The minimum absolute atomic E-state index is 0.139. The monoisotopic (exact) mass is 357 g/mol. The number of rotatable bonds is 4. The Morgan fingerprint density at radius 1 is 1.53 bits per heavy atom. The Kier molecular flexibility index (Phi) is 4.32. The molecule has 0 saturated carbocycles. The number of nitro benzene ring substituents is 1. The number of carbonyl (C=O) groups is 1. The fourth-order valence-electron chi connectivity index (χ4n) is 1.21. The maximum absolute atomic E-state index is 12.1. The van der Waals surface area contributed by atoms with Gasteiger partial charge in [0.15, 0.2) is 5.78 Å². The van der Waals surface area contributed by atoms with Crippen molar-refractivity contribution in [1.82, 2.24) is 0 Å². The maximum Gasteiger partial charge on any atom is 0.387 e. The summed E-state index contributed by atoms with van der Waals surface area (Å²) in [6.07, 6.45) is 0. The Morgan fingerprint density at radius 2 is 2.12 bits per heavy atom. The van der Waals surface area contributed by atoms with Crippen molar-refractivity contribution in [3.8, 4) is 5.75 Å². The molecule has 0 aliphatic rings. The molecule has 0 saturated heterocycles. The highest BCUT2D eigenvalue weighted by Gasteiger charge is 2.28. The van der Waals surface area contributed by atoms with Gasteiger partial charge in [0, 0.05) is 0 Å². The molecule has 5 nitrogen and oxygen atoms in total. The quantitative estimate of drug-likeness (QED) is 0.360. The SMILES string of the molecule is CC(=O)c1ccc(I)c(OC(F)F)c1[N+](=O)[O-]. The van der Waals surface area contributed by atoms with Gasteiger partial charge in [-0.1, -0.05) is 0 Å². The summed E-state index contributed by atoms with van der Waals surface area (Å²) in [6, 6.07) is 2.52. The number of ether oxygens (including phenoxy) is 1. The van der Waals surface area contributed by atoms with Gasteiger partial charge in [-0.2, -0.15) is 8.78 Å². The van der Waals surface area contributed by atoms with Crippen LogP contribution in [0.5, 0.6) is 5.75 Å². The molecule has 0 aliphatic carbocycles. The highest BCUT2D eigenvalue weighted by Crippen LogP contribution is 2.36. The van der Waals surface area contributed by atoms with E-state index < -0.39 is 28.8 Å². The zero-order valence-corrected chi connectivity index (χ0v) is 10.6. The summed E-state index contributed by atoms with van der Waals surface area (Å²) in [5.74, 6) is -1.18.